The van der Waals surface area contributed by atoms with Crippen molar-refractivity contribution >= 4 is 16.7 Å². The van der Waals surface area contributed by atoms with E-state index in [1.165, 1.54) is 7.11 Å². The van der Waals surface area contributed by atoms with Gasteiger partial charge in [-0.05, 0) is 58.5 Å². The highest BCUT2D eigenvalue weighted by Gasteiger charge is 2.21. The van der Waals surface area contributed by atoms with Crippen LogP contribution in [0.25, 0.3) is 11.0 Å². The predicted octanol–water partition coefficient (Wildman–Crippen LogP) is 2.80. The number of methoxy groups -OCH3 is 1. The van der Waals surface area contributed by atoms with Gasteiger partial charge in [0.25, 0.3) is 0 Å². The lowest BCUT2D eigenvalue weighted by molar-refractivity contribution is 0.130. The molecule has 4 rings (SSSR count). The van der Waals surface area contributed by atoms with Gasteiger partial charge in [0.1, 0.15) is 17.6 Å². The van der Waals surface area contributed by atoms with Crippen molar-refractivity contribution in [3.05, 3.63) is 47.0 Å². The minimum Gasteiger partial charge on any atom is -0.504 e. The van der Waals surface area contributed by atoms with Crippen LogP contribution in [-0.4, -0.2) is 28.2 Å². The van der Waals surface area contributed by atoms with Gasteiger partial charge in [0, 0.05) is 5.56 Å². The Labute approximate surface area is 137 Å². The van der Waals surface area contributed by atoms with E-state index in [0.29, 0.717) is 23.4 Å². The van der Waals surface area contributed by atoms with Gasteiger partial charge in [-0.15, -0.1) is 0 Å². The molecular formula is C17H15N3O4. The Hall–Kier alpha value is -3.09. The van der Waals surface area contributed by atoms with Crippen LogP contribution in [-0.2, 0) is 17.9 Å². The molecule has 0 amide bonds. The third-order valence-electron chi connectivity index (χ3n) is 4.07. The Balaban J connectivity index is 1.50. The maximum absolute atomic E-state index is 9.93. The molecule has 1 aliphatic rings. The van der Waals surface area contributed by atoms with Gasteiger partial charge in [-0.1, -0.05) is 11.2 Å². The van der Waals surface area contributed by atoms with Crippen molar-refractivity contribution in [2.24, 2.45) is 5.16 Å². The number of ether oxygens (including phenoxy) is 1. The van der Waals surface area contributed by atoms with Crippen LogP contribution in [0.2, 0.25) is 0 Å². The van der Waals surface area contributed by atoms with Crippen molar-refractivity contribution in [3.63, 3.8) is 0 Å². The average Bonchev–Trinajstić information content (AvgIpc) is 3.20. The van der Waals surface area contributed by atoms with Crippen molar-refractivity contribution in [1.82, 2.24) is 10.3 Å². The number of phenolic OH excluding ortho intramolecular Hbond substituents is 1. The second kappa shape index (κ2) is 5.84. The van der Waals surface area contributed by atoms with Crippen molar-refractivity contribution < 1.29 is 19.3 Å². The average molecular weight is 325 g/mol. The minimum atomic E-state index is 0.106. The third-order valence-corrected chi connectivity index (χ3v) is 4.07. The van der Waals surface area contributed by atoms with E-state index in [1.54, 1.807) is 6.07 Å². The number of rotatable bonds is 4. The molecule has 1 heterocycles. The Morgan fingerprint density at radius 2 is 2.04 bits per heavy atom. The molecule has 0 saturated heterocycles. The van der Waals surface area contributed by atoms with E-state index in [2.05, 4.69) is 20.1 Å². The van der Waals surface area contributed by atoms with Crippen molar-refractivity contribution in [2.45, 2.75) is 19.4 Å². The number of phenols is 1. The smallest absolute Gasteiger partial charge is 0.160 e. The van der Waals surface area contributed by atoms with E-state index in [-0.39, 0.29) is 5.75 Å². The summed E-state index contributed by atoms with van der Waals surface area (Å²) in [6.07, 6.45) is 1.62. The van der Waals surface area contributed by atoms with Gasteiger partial charge in [-0.3, -0.25) is 0 Å². The molecule has 0 spiro atoms. The van der Waals surface area contributed by atoms with Gasteiger partial charge in [0.05, 0.1) is 12.8 Å². The van der Waals surface area contributed by atoms with E-state index < -0.39 is 0 Å². The molecule has 0 aliphatic heterocycles. The monoisotopic (exact) mass is 325 g/mol. The summed E-state index contributed by atoms with van der Waals surface area (Å²) in [4.78, 5) is 5.48. The number of nitrogens with zero attached hydrogens (tertiary/aromatic N) is 3. The molecule has 1 aromatic heterocycles. The summed E-state index contributed by atoms with van der Waals surface area (Å²) in [7, 11) is 1.54. The summed E-state index contributed by atoms with van der Waals surface area (Å²) in [5, 5.41) is 21.7. The summed E-state index contributed by atoms with van der Waals surface area (Å²) in [5.41, 5.74) is 5.16. The topological polar surface area (TPSA) is 90.0 Å². The molecule has 0 atom stereocenters. The Kier molecular flexibility index (Phi) is 3.53. The Bertz CT molecular complexity index is 933. The minimum absolute atomic E-state index is 0.106. The van der Waals surface area contributed by atoms with Crippen LogP contribution >= 0.6 is 0 Å². The van der Waals surface area contributed by atoms with E-state index >= 15 is 0 Å². The molecule has 0 radical (unpaired) electrons. The van der Waals surface area contributed by atoms with Crippen molar-refractivity contribution in [3.8, 4) is 11.5 Å². The number of aryl methyl sites for hydroxylation is 1. The number of aromatic hydroxyl groups is 1. The van der Waals surface area contributed by atoms with Gasteiger partial charge in [0.15, 0.2) is 11.5 Å². The van der Waals surface area contributed by atoms with E-state index in [4.69, 9.17) is 9.57 Å². The van der Waals surface area contributed by atoms with Gasteiger partial charge in [0.2, 0.25) is 0 Å². The number of hydrogen-bond donors (Lipinski definition) is 1. The molecular weight excluding hydrogens is 310 g/mol. The van der Waals surface area contributed by atoms with Crippen LogP contribution in [0, 0.1) is 0 Å². The molecule has 0 bridgehead atoms. The van der Waals surface area contributed by atoms with Gasteiger partial charge in [-0.2, -0.15) is 0 Å². The third kappa shape index (κ3) is 2.54. The second-order valence-corrected chi connectivity index (χ2v) is 5.58. The highest BCUT2D eigenvalue weighted by molar-refractivity contribution is 6.04. The second-order valence-electron chi connectivity index (χ2n) is 5.58. The van der Waals surface area contributed by atoms with Crippen LogP contribution in [0.3, 0.4) is 0 Å². The molecule has 24 heavy (non-hydrogen) atoms. The maximum Gasteiger partial charge on any atom is 0.160 e. The number of hydrogen-bond acceptors (Lipinski definition) is 7. The van der Waals surface area contributed by atoms with Crippen LogP contribution in [0.15, 0.2) is 40.1 Å². The molecule has 2 aromatic carbocycles. The normalized spacial score (nSPS) is 15.0. The fourth-order valence-electron chi connectivity index (χ4n) is 2.83. The van der Waals surface area contributed by atoms with Gasteiger partial charge in [-0.25, -0.2) is 4.63 Å². The largest absolute Gasteiger partial charge is 0.504 e. The van der Waals surface area contributed by atoms with Gasteiger partial charge >= 0.3 is 0 Å². The van der Waals surface area contributed by atoms with Gasteiger partial charge < -0.3 is 14.7 Å². The zero-order chi connectivity index (χ0) is 16.5. The first-order valence-electron chi connectivity index (χ1n) is 7.55. The lowest BCUT2D eigenvalue weighted by Crippen LogP contribution is -1.97. The molecule has 0 saturated carbocycles. The predicted molar refractivity (Wildman–Crippen MR) is 86.1 cm³/mol. The van der Waals surface area contributed by atoms with E-state index in [9.17, 15) is 5.11 Å². The summed E-state index contributed by atoms with van der Waals surface area (Å²) in [6, 6.07) is 9.10. The zero-order valence-electron chi connectivity index (χ0n) is 13.0. The molecule has 0 fully saturated rings. The van der Waals surface area contributed by atoms with Crippen LogP contribution in [0.1, 0.15) is 23.1 Å². The van der Waals surface area contributed by atoms with Crippen molar-refractivity contribution in [2.75, 3.05) is 7.11 Å². The number of aromatic nitrogens is 2. The molecule has 3 aromatic rings. The molecule has 122 valence electrons. The lowest BCUT2D eigenvalue weighted by Gasteiger charge is -2.07. The number of benzene rings is 2. The maximum atomic E-state index is 9.93. The quantitative estimate of drug-likeness (QED) is 0.742. The van der Waals surface area contributed by atoms with Crippen molar-refractivity contribution in [1.29, 1.82) is 0 Å². The number of oxime groups is 1. The zero-order valence-corrected chi connectivity index (χ0v) is 13.0. The first kappa shape index (κ1) is 14.5. The highest BCUT2D eigenvalue weighted by Crippen LogP contribution is 2.34. The fourth-order valence-corrected chi connectivity index (χ4v) is 2.83. The van der Waals surface area contributed by atoms with Crippen LogP contribution in [0.4, 0.5) is 0 Å². The molecule has 7 nitrogen and oxygen atoms in total. The van der Waals surface area contributed by atoms with Crippen LogP contribution < -0.4 is 4.74 Å². The molecule has 7 heteroatoms. The first-order valence-corrected chi connectivity index (χ1v) is 7.55. The summed E-state index contributed by atoms with van der Waals surface area (Å²) in [5.74, 6) is 0.584. The fraction of sp³-hybridized carbons (Fsp3) is 0.235. The van der Waals surface area contributed by atoms with E-state index in [1.807, 2.05) is 24.3 Å². The Morgan fingerprint density at radius 1 is 1.17 bits per heavy atom. The molecule has 0 unspecified atom stereocenters. The highest BCUT2D eigenvalue weighted by atomic mass is 16.6. The summed E-state index contributed by atoms with van der Waals surface area (Å²) >= 11 is 0. The molecule has 1 aliphatic carbocycles. The van der Waals surface area contributed by atoms with E-state index in [0.717, 1.165) is 35.2 Å². The summed E-state index contributed by atoms with van der Waals surface area (Å²) in [6.45, 7) is 0.323. The Morgan fingerprint density at radius 3 is 2.92 bits per heavy atom. The number of fused-ring (bicyclic) bond motifs is 2. The summed E-state index contributed by atoms with van der Waals surface area (Å²) < 4.78 is 9.81. The first-order chi connectivity index (χ1) is 11.7. The standard InChI is InChI=1S/C17H15N3O4/c1-22-17-7-11-3-5-13(12(11)8-16(17)21)18-23-9-10-2-4-14-15(6-10)20-24-19-14/h2,4,6-8,21H,3,5,9H2,1H3. The molecule has 1 N–H and O–H groups in total. The SMILES string of the molecule is COc1cc2c(cc1O)C(=NOCc1ccc3nonc3c1)CC2. The lowest BCUT2D eigenvalue weighted by atomic mass is 10.1. The van der Waals surface area contributed by atoms with Crippen LogP contribution in [0.5, 0.6) is 11.5 Å².